The molecule has 0 aliphatic carbocycles. The molecule has 0 saturated carbocycles. The van der Waals surface area contributed by atoms with Crippen molar-refractivity contribution in [1.82, 2.24) is 10.3 Å². The first kappa shape index (κ1) is 19.0. The molecule has 1 saturated heterocycles. The van der Waals surface area contributed by atoms with Gasteiger partial charge in [0.25, 0.3) is 5.91 Å². The average molecular weight is 374 g/mol. The number of hydrogen-bond acceptors (Lipinski definition) is 5. The summed E-state index contributed by atoms with van der Waals surface area (Å²) in [5, 5.41) is 6.88. The number of rotatable bonds is 6. The van der Waals surface area contributed by atoms with Gasteiger partial charge in [-0.25, -0.2) is 4.98 Å². The molecule has 3 rings (SSSR count). The number of thiazole rings is 1. The zero-order chi connectivity index (χ0) is 18.6. The summed E-state index contributed by atoms with van der Waals surface area (Å²) in [6, 6.07) is 8.54. The van der Waals surface area contributed by atoms with E-state index in [0.29, 0.717) is 18.0 Å². The minimum atomic E-state index is -0.757. The van der Waals surface area contributed by atoms with E-state index in [-0.39, 0.29) is 5.91 Å². The predicted molar refractivity (Wildman–Crippen MR) is 107 cm³/mol. The number of amides is 1. The second-order valence-electron chi connectivity index (χ2n) is 6.77. The lowest BCUT2D eigenvalue weighted by molar-refractivity contribution is -0.140. The van der Waals surface area contributed by atoms with E-state index in [0.717, 1.165) is 42.1 Å². The van der Waals surface area contributed by atoms with Gasteiger partial charge >= 0.3 is 0 Å². The predicted octanol–water partition coefficient (Wildman–Crippen LogP) is 3.78. The van der Waals surface area contributed by atoms with Crippen LogP contribution in [0.2, 0.25) is 0 Å². The fourth-order valence-corrected chi connectivity index (χ4v) is 4.23. The number of carbonyl (C=O) groups is 1. The second kappa shape index (κ2) is 8.29. The van der Waals surface area contributed by atoms with Crippen molar-refractivity contribution in [3.8, 4) is 11.3 Å². The molecule has 5 nitrogen and oxygen atoms in total. The number of aromatic nitrogens is 1. The van der Waals surface area contributed by atoms with Crippen LogP contribution in [0.25, 0.3) is 11.3 Å². The highest BCUT2D eigenvalue weighted by Gasteiger charge is 2.40. The number of ether oxygens (including phenoxy) is 1. The number of methoxy groups -OCH3 is 1. The first-order chi connectivity index (χ1) is 12.6. The van der Waals surface area contributed by atoms with Gasteiger partial charge in [0.2, 0.25) is 0 Å². The summed E-state index contributed by atoms with van der Waals surface area (Å²) >= 11 is 1.51. The number of benzene rings is 1. The van der Waals surface area contributed by atoms with Crippen LogP contribution in [0.3, 0.4) is 0 Å². The Bertz CT molecular complexity index is 749. The molecule has 0 spiro atoms. The number of hydrogen-bond donors (Lipinski definition) is 2. The van der Waals surface area contributed by atoms with Gasteiger partial charge in [0, 0.05) is 17.6 Å². The van der Waals surface area contributed by atoms with Crippen molar-refractivity contribution in [2.45, 2.75) is 45.1 Å². The zero-order valence-electron chi connectivity index (χ0n) is 15.7. The van der Waals surface area contributed by atoms with E-state index in [1.54, 1.807) is 7.11 Å². The third kappa shape index (κ3) is 3.98. The van der Waals surface area contributed by atoms with Gasteiger partial charge < -0.3 is 10.1 Å². The van der Waals surface area contributed by atoms with Crippen LogP contribution < -0.4 is 10.6 Å². The Labute approximate surface area is 159 Å². The number of piperidine rings is 1. The summed E-state index contributed by atoms with van der Waals surface area (Å²) in [6.07, 6.45) is 3.57. The molecule has 2 N–H and O–H groups in total. The van der Waals surface area contributed by atoms with E-state index >= 15 is 0 Å². The number of aryl methyl sites for hydroxylation is 2. The monoisotopic (exact) mass is 373 g/mol. The minimum absolute atomic E-state index is 0.0971. The Balaban J connectivity index is 1.76. The SMILES string of the molecule is CCCc1ccc(-c2nc(NC(=O)C3(OC)CCNCC3)sc2C)cc1. The molecule has 1 fully saturated rings. The van der Waals surface area contributed by atoms with Gasteiger partial charge in [-0.3, -0.25) is 10.1 Å². The second-order valence-corrected chi connectivity index (χ2v) is 7.98. The van der Waals surface area contributed by atoms with E-state index in [9.17, 15) is 4.79 Å². The summed E-state index contributed by atoms with van der Waals surface area (Å²) in [6.45, 7) is 5.79. The molecule has 1 aromatic heterocycles. The lowest BCUT2D eigenvalue weighted by Gasteiger charge is -2.34. The Morgan fingerprint density at radius 2 is 2.00 bits per heavy atom. The molecule has 0 unspecified atom stereocenters. The molecule has 0 radical (unpaired) electrons. The Hall–Kier alpha value is -1.76. The Morgan fingerprint density at radius 3 is 2.62 bits per heavy atom. The molecule has 1 aliphatic rings. The molecule has 2 aromatic rings. The lowest BCUT2D eigenvalue weighted by atomic mass is 9.91. The molecule has 140 valence electrons. The van der Waals surface area contributed by atoms with Crippen molar-refractivity contribution in [2.24, 2.45) is 0 Å². The maximum absolute atomic E-state index is 12.8. The highest BCUT2D eigenvalue weighted by atomic mass is 32.1. The first-order valence-electron chi connectivity index (χ1n) is 9.22. The third-order valence-corrected chi connectivity index (χ3v) is 5.89. The fourth-order valence-electron chi connectivity index (χ4n) is 3.40. The summed E-state index contributed by atoms with van der Waals surface area (Å²) in [4.78, 5) is 18.6. The summed E-state index contributed by atoms with van der Waals surface area (Å²) < 4.78 is 5.60. The van der Waals surface area contributed by atoms with Gasteiger partial charge in [-0.1, -0.05) is 37.6 Å². The van der Waals surface area contributed by atoms with Crippen LogP contribution in [-0.2, 0) is 16.0 Å². The van der Waals surface area contributed by atoms with E-state index in [2.05, 4.69) is 46.8 Å². The van der Waals surface area contributed by atoms with Crippen LogP contribution in [0, 0.1) is 6.92 Å². The number of anilines is 1. The maximum atomic E-state index is 12.8. The molecule has 6 heteroatoms. The molecule has 26 heavy (non-hydrogen) atoms. The quantitative estimate of drug-likeness (QED) is 0.809. The van der Waals surface area contributed by atoms with Gasteiger partial charge in [0.1, 0.15) is 5.60 Å². The van der Waals surface area contributed by atoms with Crippen molar-refractivity contribution < 1.29 is 9.53 Å². The van der Waals surface area contributed by atoms with Gasteiger partial charge in [0.15, 0.2) is 5.13 Å². The normalized spacial score (nSPS) is 16.4. The lowest BCUT2D eigenvalue weighted by Crippen LogP contribution is -2.51. The molecule has 0 atom stereocenters. The van der Waals surface area contributed by atoms with Gasteiger partial charge in [-0.15, -0.1) is 11.3 Å². The van der Waals surface area contributed by atoms with Crippen LogP contribution in [0.15, 0.2) is 24.3 Å². The van der Waals surface area contributed by atoms with Crippen LogP contribution in [0.5, 0.6) is 0 Å². The molecular formula is C20H27N3O2S. The molecular weight excluding hydrogens is 346 g/mol. The standard InChI is InChI=1S/C20H27N3O2S/c1-4-5-15-6-8-16(9-7-15)17-14(2)26-19(22-17)23-18(24)20(25-3)10-12-21-13-11-20/h6-9,21H,4-5,10-13H2,1-3H3,(H,22,23,24). The van der Waals surface area contributed by atoms with Crippen molar-refractivity contribution in [3.63, 3.8) is 0 Å². The van der Waals surface area contributed by atoms with Crippen LogP contribution in [0.1, 0.15) is 36.6 Å². The molecule has 0 bridgehead atoms. The molecule has 2 heterocycles. The Kier molecular flexibility index (Phi) is 6.06. The summed E-state index contributed by atoms with van der Waals surface area (Å²) in [5.74, 6) is -0.0971. The van der Waals surface area contributed by atoms with Crippen LogP contribution >= 0.6 is 11.3 Å². The first-order valence-corrected chi connectivity index (χ1v) is 10.0. The van der Waals surface area contributed by atoms with E-state index in [4.69, 9.17) is 4.74 Å². The average Bonchev–Trinajstić information content (AvgIpc) is 3.03. The number of carbonyl (C=O) groups excluding carboxylic acids is 1. The van der Waals surface area contributed by atoms with Gasteiger partial charge in [-0.2, -0.15) is 0 Å². The Morgan fingerprint density at radius 1 is 1.31 bits per heavy atom. The van der Waals surface area contributed by atoms with Crippen molar-refractivity contribution in [1.29, 1.82) is 0 Å². The van der Waals surface area contributed by atoms with Gasteiger partial charge in [-0.05, 0) is 44.8 Å². The van der Waals surface area contributed by atoms with Crippen LogP contribution in [-0.4, -0.2) is 36.7 Å². The number of nitrogens with one attached hydrogen (secondary N) is 2. The topological polar surface area (TPSA) is 63.2 Å². The summed E-state index contributed by atoms with van der Waals surface area (Å²) in [7, 11) is 1.61. The fraction of sp³-hybridized carbons (Fsp3) is 0.500. The van der Waals surface area contributed by atoms with Crippen molar-refractivity contribution >= 4 is 22.4 Å². The van der Waals surface area contributed by atoms with Gasteiger partial charge in [0.05, 0.1) is 5.69 Å². The number of nitrogens with zero attached hydrogens (tertiary/aromatic N) is 1. The zero-order valence-corrected chi connectivity index (χ0v) is 16.5. The van der Waals surface area contributed by atoms with E-state index < -0.39 is 5.60 Å². The van der Waals surface area contributed by atoms with E-state index in [1.165, 1.54) is 16.9 Å². The largest absolute Gasteiger partial charge is 0.368 e. The maximum Gasteiger partial charge on any atom is 0.258 e. The van der Waals surface area contributed by atoms with Crippen molar-refractivity contribution in [2.75, 3.05) is 25.5 Å². The summed E-state index contributed by atoms with van der Waals surface area (Å²) in [5.41, 5.74) is 2.60. The molecule has 1 amide bonds. The van der Waals surface area contributed by atoms with Crippen LogP contribution in [0.4, 0.5) is 5.13 Å². The molecule has 1 aliphatic heterocycles. The third-order valence-electron chi connectivity index (χ3n) is 5.00. The highest BCUT2D eigenvalue weighted by molar-refractivity contribution is 7.16. The highest BCUT2D eigenvalue weighted by Crippen LogP contribution is 2.32. The van der Waals surface area contributed by atoms with E-state index in [1.807, 2.05) is 6.92 Å². The smallest absolute Gasteiger partial charge is 0.258 e. The minimum Gasteiger partial charge on any atom is -0.368 e. The molecule has 1 aromatic carbocycles. The van der Waals surface area contributed by atoms with Crippen molar-refractivity contribution in [3.05, 3.63) is 34.7 Å².